The van der Waals surface area contributed by atoms with Crippen molar-refractivity contribution in [2.45, 2.75) is 77.1 Å². The number of aromatic nitrogens is 2. The van der Waals surface area contributed by atoms with Crippen LogP contribution < -0.4 is 11.2 Å². The maximum absolute atomic E-state index is 12.0. The normalized spacial score (nSPS) is 25.7. The molecule has 0 radical (unpaired) electrons. The Hall–Kier alpha value is -1.18. The molecule has 0 amide bonds. The van der Waals surface area contributed by atoms with Gasteiger partial charge in [0.15, 0.2) is 8.32 Å². The van der Waals surface area contributed by atoms with E-state index in [1.165, 1.54) is 16.8 Å². The van der Waals surface area contributed by atoms with Crippen LogP contribution >= 0.6 is 0 Å². The molecular formula is C16H28N2O4Si. The van der Waals surface area contributed by atoms with Crippen molar-refractivity contribution in [3.05, 3.63) is 33.1 Å². The molecule has 1 saturated heterocycles. The van der Waals surface area contributed by atoms with E-state index in [0.717, 1.165) is 6.42 Å². The van der Waals surface area contributed by atoms with Crippen LogP contribution in [-0.4, -0.2) is 30.1 Å². The van der Waals surface area contributed by atoms with E-state index in [4.69, 9.17) is 9.16 Å². The summed E-state index contributed by atoms with van der Waals surface area (Å²) in [7, 11) is -1.91. The second-order valence-corrected chi connectivity index (χ2v) is 12.5. The van der Waals surface area contributed by atoms with Gasteiger partial charge in [0.1, 0.15) is 6.23 Å². The van der Waals surface area contributed by atoms with Gasteiger partial charge in [-0.1, -0.05) is 27.7 Å². The van der Waals surface area contributed by atoms with E-state index in [-0.39, 0.29) is 23.5 Å². The molecule has 0 aromatic carbocycles. The monoisotopic (exact) mass is 340 g/mol. The average molecular weight is 340 g/mol. The summed E-state index contributed by atoms with van der Waals surface area (Å²) in [5.41, 5.74) is -0.837. The SMILES string of the molecule is CC[C@H]1O[C@@H](n2ccc(=O)[nH]c2=O)C[C@@H]1O[Si](C)(C)C(C)(C)C. The van der Waals surface area contributed by atoms with Crippen molar-refractivity contribution in [1.29, 1.82) is 0 Å². The van der Waals surface area contributed by atoms with Gasteiger partial charge >= 0.3 is 5.69 Å². The van der Waals surface area contributed by atoms with Crippen molar-refractivity contribution in [3.8, 4) is 0 Å². The Morgan fingerprint density at radius 2 is 2.04 bits per heavy atom. The van der Waals surface area contributed by atoms with E-state index in [9.17, 15) is 9.59 Å². The van der Waals surface area contributed by atoms with Gasteiger partial charge in [-0.15, -0.1) is 0 Å². The Labute approximate surface area is 138 Å². The van der Waals surface area contributed by atoms with Crippen LogP contribution in [0.25, 0.3) is 0 Å². The second-order valence-electron chi connectivity index (χ2n) is 7.71. The lowest BCUT2D eigenvalue weighted by Gasteiger charge is -2.39. The average Bonchev–Trinajstić information content (AvgIpc) is 2.79. The maximum Gasteiger partial charge on any atom is 0.330 e. The molecule has 23 heavy (non-hydrogen) atoms. The standard InChI is InChI=1S/C16H28N2O4Si/c1-7-11-12(22-23(5,6)16(2,3)4)10-14(21-11)18-9-8-13(19)17-15(18)20/h8-9,11-12,14H,7,10H2,1-6H3,(H,17,19,20)/t11-,12+,14-/m1/s1. The number of nitrogens with zero attached hydrogens (tertiary/aromatic N) is 1. The molecule has 2 heterocycles. The Morgan fingerprint density at radius 3 is 2.57 bits per heavy atom. The Bertz CT molecular complexity index is 659. The summed E-state index contributed by atoms with van der Waals surface area (Å²) in [5, 5.41) is 0.123. The molecule has 7 heteroatoms. The zero-order valence-corrected chi connectivity index (χ0v) is 15.9. The number of H-pyrrole nitrogens is 1. The van der Waals surface area contributed by atoms with E-state index in [0.29, 0.717) is 6.42 Å². The molecular weight excluding hydrogens is 312 g/mol. The molecule has 0 unspecified atom stereocenters. The minimum absolute atomic E-state index is 0.0234. The Balaban J connectivity index is 2.21. The van der Waals surface area contributed by atoms with Crippen LogP contribution in [0.5, 0.6) is 0 Å². The molecule has 0 saturated carbocycles. The number of rotatable bonds is 4. The lowest BCUT2D eigenvalue weighted by atomic mass is 10.1. The van der Waals surface area contributed by atoms with Gasteiger partial charge in [-0.05, 0) is 24.6 Å². The van der Waals surface area contributed by atoms with Gasteiger partial charge < -0.3 is 9.16 Å². The molecule has 1 aromatic heterocycles. The van der Waals surface area contributed by atoms with Gasteiger partial charge in [0.25, 0.3) is 5.56 Å². The highest BCUT2D eigenvalue weighted by molar-refractivity contribution is 6.74. The van der Waals surface area contributed by atoms with Crippen LogP contribution in [-0.2, 0) is 9.16 Å². The van der Waals surface area contributed by atoms with E-state index in [1.807, 2.05) is 0 Å². The van der Waals surface area contributed by atoms with Crippen molar-refractivity contribution in [1.82, 2.24) is 9.55 Å². The third-order valence-corrected chi connectivity index (χ3v) is 9.50. The molecule has 1 aromatic rings. The molecule has 6 nitrogen and oxygen atoms in total. The lowest BCUT2D eigenvalue weighted by molar-refractivity contribution is -0.0197. The predicted octanol–water partition coefficient (Wildman–Crippen LogP) is 2.62. The van der Waals surface area contributed by atoms with Crippen LogP contribution in [0.4, 0.5) is 0 Å². The van der Waals surface area contributed by atoms with Crippen LogP contribution in [0.3, 0.4) is 0 Å². The fraction of sp³-hybridized carbons (Fsp3) is 0.750. The Morgan fingerprint density at radius 1 is 1.39 bits per heavy atom. The van der Waals surface area contributed by atoms with Crippen molar-refractivity contribution in [3.63, 3.8) is 0 Å². The smallest absolute Gasteiger partial charge is 0.330 e. The summed E-state index contributed by atoms with van der Waals surface area (Å²) in [6.45, 7) is 13.1. The summed E-state index contributed by atoms with van der Waals surface area (Å²) in [4.78, 5) is 25.5. The van der Waals surface area contributed by atoms with Crippen LogP contribution in [0.1, 0.15) is 46.8 Å². The maximum atomic E-state index is 12.0. The molecule has 1 aliphatic rings. The van der Waals surface area contributed by atoms with Gasteiger partial charge in [-0.2, -0.15) is 0 Å². The van der Waals surface area contributed by atoms with Crippen LogP contribution in [0, 0.1) is 0 Å². The number of hydrogen-bond acceptors (Lipinski definition) is 4. The summed E-state index contributed by atoms with van der Waals surface area (Å²) in [6, 6.07) is 1.34. The largest absolute Gasteiger partial charge is 0.411 e. The Kier molecular flexibility index (Phi) is 5.03. The highest BCUT2D eigenvalue weighted by Crippen LogP contribution is 2.41. The highest BCUT2D eigenvalue weighted by Gasteiger charge is 2.44. The number of hydrogen-bond donors (Lipinski definition) is 1. The molecule has 3 atom stereocenters. The number of nitrogens with one attached hydrogen (secondary N) is 1. The third-order valence-electron chi connectivity index (χ3n) is 5.00. The van der Waals surface area contributed by atoms with Gasteiger partial charge in [0.05, 0.1) is 12.2 Å². The minimum atomic E-state index is -1.91. The van der Waals surface area contributed by atoms with Crippen molar-refractivity contribution >= 4 is 8.32 Å². The van der Waals surface area contributed by atoms with Gasteiger partial charge in [-0.25, -0.2) is 4.79 Å². The highest BCUT2D eigenvalue weighted by atomic mass is 28.4. The lowest BCUT2D eigenvalue weighted by Crippen LogP contribution is -2.45. The van der Waals surface area contributed by atoms with Gasteiger partial charge in [0.2, 0.25) is 0 Å². The second kappa shape index (κ2) is 6.37. The van der Waals surface area contributed by atoms with E-state index >= 15 is 0 Å². The first-order valence-corrected chi connectivity index (χ1v) is 11.1. The topological polar surface area (TPSA) is 73.3 Å². The summed E-state index contributed by atoms with van der Waals surface area (Å²) >= 11 is 0. The number of aromatic amines is 1. The van der Waals surface area contributed by atoms with Crippen molar-refractivity contribution < 1.29 is 9.16 Å². The van der Waals surface area contributed by atoms with Crippen molar-refractivity contribution in [2.75, 3.05) is 0 Å². The van der Waals surface area contributed by atoms with E-state index < -0.39 is 19.6 Å². The van der Waals surface area contributed by atoms with Crippen LogP contribution in [0.2, 0.25) is 18.1 Å². The summed E-state index contributed by atoms with van der Waals surface area (Å²) in [5.74, 6) is 0. The first-order chi connectivity index (χ1) is 10.5. The molecule has 1 N–H and O–H groups in total. The predicted molar refractivity (Wildman–Crippen MR) is 92.2 cm³/mol. The fourth-order valence-electron chi connectivity index (χ4n) is 2.57. The van der Waals surface area contributed by atoms with E-state index in [2.05, 4.69) is 45.8 Å². The summed E-state index contributed by atoms with van der Waals surface area (Å²) in [6.07, 6.45) is 2.50. The molecule has 130 valence electrons. The number of ether oxygens (including phenoxy) is 1. The van der Waals surface area contributed by atoms with Crippen molar-refractivity contribution in [2.24, 2.45) is 0 Å². The van der Waals surface area contributed by atoms with Crippen LogP contribution in [0.15, 0.2) is 21.9 Å². The third kappa shape index (κ3) is 3.84. The quantitative estimate of drug-likeness (QED) is 0.855. The fourth-order valence-corrected chi connectivity index (χ4v) is 3.93. The molecule has 0 aliphatic carbocycles. The molecule has 1 aliphatic heterocycles. The molecule has 2 rings (SSSR count). The first-order valence-electron chi connectivity index (χ1n) is 8.20. The zero-order valence-electron chi connectivity index (χ0n) is 14.9. The molecule has 0 spiro atoms. The minimum Gasteiger partial charge on any atom is -0.411 e. The van der Waals surface area contributed by atoms with Gasteiger partial charge in [-0.3, -0.25) is 14.3 Å². The van der Waals surface area contributed by atoms with E-state index in [1.54, 1.807) is 0 Å². The van der Waals surface area contributed by atoms with Gasteiger partial charge in [0, 0.05) is 18.7 Å². The first kappa shape index (κ1) is 18.2. The zero-order chi connectivity index (χ0) is 17.4. The summed E-state index contributed by atoms with van der Waals surface area (Å²) < 4.78 is 14.0. The molecule has 1 fully saturated rings. The molecule has 0 bridgehead atoms.